The zero-order chi connectivity index (χ0) is 28.1. The van der Waals surface area contributed by atoms with Gasteiger partial charge in [0, 0.05) is 44.1 Å². The van der Waals surface area contributed by atoms with Gasteiger partial charge in [-0.25, -0.2) is 18.2 Å². The Morgan fingerprint density at radius 1 is 1.05 bits per heavy atom. The third-order valence-corrected chi connectivity index (χ3v) is 7.40. The molecular formula is C30H34F3N3O3. The van der Waals surface area contributed by atoms with Crippen molar-refractivity contribution < 1.29 is 27.4 Å². The summed E-state index contributed by atoms with van der Waals surface area (Å²) in [6, 6.07) is 6.12. The number of carbonyl (C=O) groups excluding carboxylic acids is 1. The van der Waals surface area contributed by atoms with Gasteiger partial charge >= 0.3 is 0 Å². The van der Waals surface area contributed by atoms with E-state index in [0.717, 1.165) is 48.6 Å². The molecule has 0 aliphatic heterocycles. The molecular weight excluding hydrogens is 507 g/mol. The van der Waals surface area contributed by atoms with Gasteiger partial charge in [0.2, 0.25) is 0 Å². The molecule has 1 fully saturated rings. The Balaban J connectivity index is 1.59. The fraction of sp³-hybridized carbons (Fsp3) is 0.433. The van der Waals surface area contributed by atoms with E-state index in [0.29, 0.717) is 11.8 Å². The average Bonchev–Trinajstić information content (AvgIpc) is 2.89. The van der Waals surface area contributed by atoms with E-state index in [1.54, 1.807) is 12.4 Å². The number of hydrogen-bond acceptors (Lipinski definition) is 6. The van der Waals surface area contributed by atoms with E-state index in [4.69, 9.17) is 15.2 Å². The van der Waals surface area contributed by atoms with Crippen molar-refractivity contribution in [3.63, 3.8) is 0 Å². The summed E-state index contributed by atoms with van der Waals surface area (Å²) in [7, 11) is 1.47. The van der Waals surface area contributed by atoms with Crippen LogP contribution in [0.1, 0.15) is 60.6 Å². The molecule has 0 bridgehead atoms. The molecule has 0 unspecified atom stereocenters. The van der Waals surface area contributed by atoms with Crippen LogP contribution in [0.2, 0.25) is 0 Å². The Morgan fingerprint density at radius 3 is 2.49 bits per heavy atom. The van der Waals surface area contributed by atoms with E-state index in [2.05, 4.69) is 23.8 Å². The first-order chi connectivity index (χ1) is 18.7. The Labute approximate surface area is 226 Å². The number of benzene rings is 1. The van der Waals surface area contributed by atoms with Crippen LogP contribution in [0.5, 0.6) is 5.75 Å². The van der Waals surface area contributed by atoms with E-state index in [9.17, 15) is 18.0 Å². The number of aromatic nitrogens is 2. The molecule has 1 aliphatic rings. The van der Waals surface area contributed by atoms with Gasteiger partial charge in [-0.15, -0.1) is 0 Å². The highest BCUT2D eigenvalue weighted by Gasteiger charge is 2.31. The smallest absolute Gasteiger partial charge is 0.185 e. The fourth-order valence-electron chi connectivity index (χ4n) is 5.33. The topological polar surface area (TPSA) is 87.3 Å². The number of methoxy groups -OCH3 is 1. The van der Waals surface area contributed by atoms with Gasteiger partial charge < -0.3 is 15.2 Å². The summed E-state index contributed by atoms with van der Waals surface area (Å²) >= 11 is 0. The van der Waals surface area contributed by atoms with Crippen LogP contribution in [0.25, 0.3) is 11.3 Å². The van der Waals surface area contributed by atoms with Crippen molar-refractivity contribution >= 4 is 5.78 Å². The van der Waals surface area contributed by atoms with Crippen LogP contribution in [0.4, 0.5) is 13.2 Å². The van der Waals surface area contributed by atoms with Gasteiger partial charge in [0.25, 0.3) is 0 Å². The zero-order valence-corrected chi connectivity index (χ0v) is 22.4. The predicted molar refractivity (Wildman–Crippen MR) is 142 cm³/mol. The van der Waals surface area contributed by atoms with Crippen molar-refractivity contribution in [2.75, 3.05) is 20.3 Å². The van der Waals surface area contributed by atoms with E-state index in [1.807, 2.05) is 6.07 Å². The molecule has 1 aromatic carbocycles. The number of pyridine rings is 2. The highest BCUT2D eigenvalue weighted by atomic mass is 19.1. The number of Topliss-reactive ketones (excluding diaryl/α,β-unsaturated/α-hetero) is 1. The molecule has 3 atom stereocenters. The fourth-order valence-corrected chi connectivity index (χ4v) is 5.33. The van der Waals surface area contributed by atoms with Crippen molar-refractivity contribution in [2.45, 2.75) is 51.5 Å². The molecule has 208 valence electrons. The van der Waals surface area contributed by atoms with Gasteiger partial charge in [-0.1, -0.05) is 13.8 Å². The molecule has 2 heterocycles. The van der Waals surface area contributed by atoms with Crippen LogP contribution < -0.4 is 10.5 Å². The third kappa shape index (κ3) is 6.83. The van der Waals surface area contributed by atoms with Gasteiger partial charge in [0.05, 0.1) is 12.2 Å². The van der Waals surface area contributed by atoms with E-state index in [-0.39, 0.29) is 43.0 Å². The summed E-state index contributed by atoms with van der Waals surface area (Å²) in [6.45, 7) is 4.72. The highest BCUT2D eigenvalue weighted by molar-refractivity contribution is 5.96. The summed E-state index contributed by atoms with van der Waals surface area (Å²) in [5, 5.41) is 0. The number of hydrogen-bond donors (Lipinski definition) is 1. The molecule has 39 heavy (non-hydrogen) atoms. The maximum absolute atomic E-state index is 14.9. The van der Waals surface area contributed by atoms with Crippen molar-refractivity contribution in [3.8, 4) is 17.0 Å². The molecule has 0 spiro atoms. The standard InChI is InChI=1S/C30H34F3N3O3/c1-17(2)18-10-19(12-21(34)11-18)23-6-7-35-16-20(23)13-28(37)27-5-4-24(31)30(36-27)29-25(32)14-22(15-26(29)33)39-9-8-38-3/h4-7,14-19,21H,8-13,34H2,1-3H3/t18-,19+,21-/m0/s1. The van der Waals surface area contributed by atoms with Crippen LogP contribution in [0, 0.1) is 29.3 Å². The number of rotatable bonds is 10. The number of ketones is 1. The molecule has 9 heteroatoms. The molecule has 4 rings (SSSR count). The monoisotopic (exact) mass is 541 g/mol. The van der Waals surface area contributed by atoms with Gasteiger partial charge in [0.1, 0.15) is 41.2 Å². The van der Waals surface area contributed by atoms with Crippen LogP contribution in [0.3, 0.4) is 0 Å². The molecule has 2 aromatic heterocycles. The third-order valence-electron chi connectivity index (χ3n) is 7.40. The quantitative estimate of drug-likeness (QED) is 0.255. The summed E-state index contributed by atoms with van der Waals surface area (Å²) in [6.07, 6.45) is 6.09. The molecule has 0 amide bonds. The summed E-state index contributed by atoms with van der Waals surface area (Å²) < 4.78 is 54.6. The maximum atomic E-state index is 14.9. The Kier molecular flexibility index (Phi) is 9.35. The van der Waals surface area contributed by atoms with Crippen LogP contribution in [-0.2, 0) is 11.2 Å². The molecule has 1 aliphatic carbocycles. The SMILES string of the molecule is COCCOc1cc(F)c(-c2nc(C(=O)Cc3cnccc3[C@H]3C[C@@H](N)C[C@@H](C(C)C)C3)ccc2F)c(F)c1. The lowest BCUT2D eigenvalue weighted by atomic mass is 9.71. The number of carbonyl (C=O) groups is 1. The van der Waals surface area contributed by atoms with Crippen molar-refractivity contribution in [3.05, 3.63) is 77.0 Å². The van der Waals surface area contributed by atoms with E-state index in [1.165, 1.54) is 13.2 Å². The minimum atomic E-state index is -1.05. The number of halogens is 3. The van der Waals surface area contributed by atoms with Gasteiger partial charge in [-0.3, -0.25) is 9.78 Å². The first-order valence-corrected chi connectivity index (χ1v) is 13.2. The lowest BCUT2D eigenvalue weighted by Gasteiger charge is -2.36. The second-order valence-electron chi connectivity index (χ2n) is 10.5. The van der Waals surface area contributed by atoms with Crippen molar-refractivity contribution in [1.29, 1.82) is 0 Å². The first-order valence-electron chi connectivity index (χ1n) is 13.2. The molecule has 3 aromatic rings. The normalized spacial score (nSPS) is 19.3. The van der Waals surface area contributed by atoms with E-state index < -0.39 is 34.5 Å². The van der Waals surface area contributed by atoms with E-state index >= 15 is 0 Å². The van der Waals surface area contributed by atoms with Crippen LogP contribution in [0.15, 0.2) is 42.7 Å². The largest absolute Gasteiger partial charge is 0.491 e. The van der Waals surface area contributed by atoms with Crippen molar-refractivity contribution in [2.24, 2.45) is 17.6 Å². The number of nitrogens with two attached hydrogens (primary N) is 1. The predicted octanol–water partition coefficient (Wildman–Crippen LogP) is 5.88. The van der Waals surface area contributed by atoms with Crippen molar-refractivity contribution in [1.82, 2.24) is 9.97 Å². The molecule has 0 saturated heterocycles. The van der Waals surface area contributed by atoms with Gasteiger partial charge in [0.15, 0.2) is 5.78 Å². The minimum Gasteiger partial charge on any atom is -0.491 e. The Hall–Kier alpha value is -3.30. The summed E-state index contributed by atoms with van der Waals surface area (Å²) in [4.78, 5) is 21.6. The van der Waals surface area contributed by atoms with Crippen LogP contribution in [-0.4, -0.2) is 42.1 Å². The highest BCUT2D eigenvalue weighted by Crippen LogP contribution is 2.40. The van der Waals surface area contributed by atoms with Gasteiger partial charge in [-0.2, -0.15) is 0 Å². The Morgan fingerprint density at radius 2 is 1.79 bits per heavy atom. The Bertz CT molecular complexity index is 1290. The maximum Gasteiger partial charge on any atom is 0.185 e. The second kappa shape index (κ2) is 12.7. The number of nitrogens with zero attached hydrogens (tertiary/aromatic N) is 2. The summed E-state index contributed by atoms with van der Waals surface area (Å²) in [5.41, 5.74) is 6.80. The van der Waals surface area contributed by atoms with Gasteiger partial charge in [-0.05, 0) is 66.3 Å². The lowest BCUT2D eigenvalue weighted by Crippen LogP contribution is -2.34. The molecule has 6 nitrogen and oxygen atoms in total. The second-order valence-corrected chi connectivity index (χ2v) is 10.5. The summed E-state index contributed by atoms with van der Waals surface area (Å²) in [5.74, 6) is -2.36. The van der Waals surface area contributed by atoms with Crippen LogP contribution >= 0.6 is 0 Å². The minimum absolute atomic E-state index is 0.0312. The first kappa shape index (κ1) is 28.7. The lowest BCUT2D eigenvalue weighted by molar-refractivity contribution is 0.0987. The molecule has 0 radical (unpaired) electrons. The zero-order valence-electron chi connectivity index (χ0n) is 22.4. The number of ether oxygens (including phenoxy) is 2. The molecule has 2 N–H and O–H groups in total. The molecule has 1 saturated carbocycles. The average molecular weight is 542 g/mol.